The number of aromatic hydroxyl groups is 2. The van der Waals surface area contributed by atoms with E-state index in [9.17, 15) is 20.1 Å². The molecular formula is C39H31CuN9O4S. The number of thioether (sulfide) groups is 1. The molecule has 3 aliphatic rings. The maximum atomic E-state index is 13.8. The molecule has 1 radical (unpaired) electrons. The number of aliphatic hydroxyl groups excluding tert-OH is 1. The monoisotopic (exact) mass is 784 g/mol. The Balaban J connectivity index is 0.00000413. The number of benzene rings is 3. The molecule has 0 saturated heterocycles. The van der Waals surface area contributed by atoms with Gasteiger partial charge >= 0.3 is 17.1 Å². The van der Waals surface area contributed by atoms with Gasteiger partial charge in [0.15, 0.2) is 0 Å². The first-order chi connectivity index (χ1) is 25.8. The summed E-state index contributed by atoms with van der Waals surface area (Å²) in [5.74, 6) is 3.20. The van der Waals surface area contributed by atoms with E-state index in [1.54, 1.807) is 54.6 Å². The van der Waals surface area contributed by atoms with Crippen LogP contribution in [0.25, 0.3) is 78.9 Å². The number of fused-ring (bicyclic) bond motifs is 20. The van der Waals surface area contributed by atoms with E-state index >= 15 is 0 Å². The minimum absolute atomic E-state index is 0. The molecule has 1 amide bonds. The van der Waals surface area contributed by atoms with E-state index in [2.05, 4.69) is 12.2 Å². The van der Waals surface area contributed by atoms with Gasteiger partial charge in [-0.15, -0.1) is 0 Å². The second-order valence-electron chi connectivity index (χ2n) is 12.9. The van der Waals surface area contributed by atoms with Crippen molar-refractivity contribution in [3.8, 4) is 57.1 Å². The summed E-state index contributed by atoms with van der Waals surface area (Å²) >= 11 is 1.88. The van der Waals surface area contributed by atoms with E-state index in [1.807, 2.05) is 17.8 Å². The molecule has 4 N–H and O–H groups in total. The summed E-state index contributed by atoms with van der Waals surface area (Å²) < 4.78 is 0. The second-order valence-corrected chi connectivity index (χ2v) is 14.3. The number of nitrogens with zero attached hydrogens (tertiary/aromatic N) is 8. The Morgan fingerprint density at radius 3 is 2.28 bits per heavy atom. The fourth-order valence-corrected chi connectivity index (χ4v) is 7.59. The maximum Gasteiger partial charge on any atom is 2.00 e. The van der Waals surface area contributed by atoms with Crippen LogP contribution in [0.1, 0.15) is 41.3 Å². The number of allylic oxidation sites excluding steroid dienone is 2. The van der Waals surface area contributed by atoms with Gasteiger partial charge in [-0.05, 0) is 101 Å². The van der Waals surface area contributed by atoms with Crippen molar-refractivity contribution < 1.29 is 37.2 Å². The van der Waals surface area contributed by atoms with Gasteiger partial charge < -0.3 is 50.5 Å². The van der Waals surface area contributed by atoms with Crippen molar-refractivity contribution >= 4 is 51.0 Å². The molecule has 3 aromatic carbocycles. The number of amides is 1. The first kappa shape index (κ1) is 35.3. The van der Waals surface area contributed by atoms with Crippen LogP contribution in [-0.4, -0.2) is 69.2 Å². The number of hydrogen-bond acceptors (Lipinski definition) is 11. The SMILES string of the molecule is CCSCCCCNC(=O)c1cccc2c1-c1nc-2nc2[n-]c(nc3nc(nc4[n-]c(n1)c1ccc(O)cc41)-c1cc(O)ccc1-3)c1c2CC=C(O)C1.[Cu+2]. The number of hydrogen-bond donors (Lipinski definition) is 4. The van der Waals surface area contributed by atoms with Gasteiger partial charge in [0.05, 0.1) is 29.1 Å². The van der Waals surface area contributed by atoms with Crippen molar-refractivity contribution in [3.05, 3.63) is 83.1 Å². The summed E-state index contributed by atoms with van der Waals surface area (Å²) in [5.41, 5.74) is 5.40. The van der Waals surface area contributed by atoms with E-state index in [0.717, 1.165) is 29.9 Å². The molecule has 0 atom stereocenters. The zero-order valence-electron chi connectivity index (χ0n) is 28.8. The summed E-state index contributed by atoms with van der Waals surface area (Å²) in [5, 5.41) is 35.7. The molecule has 54 heavy (non-hydrogen) atoms. The van der Waals surface area contributed by atoms with Crippen LogP contribution in [0.5, 0.6) is 11.5 Å². The van der Waals surface area contributed by atoms with Gasteiger partial charge in [-0.1, -0.05) is 19.1 Å². The molecule has 0 fully saturated rings. The van der Waals surface area contributed by atoms with E-state index < -0.39 is 0 Å². The predicted octanol–water partition coefficient (Wildman–Crippen LogP) is 6.19. The number of unbranched alkanes of at least 4 members (excludes halogenated alkanes) is 1. The normalized spacial score (nSPS) is 12.7. The molecule has 15 heteroatoms. The number of rotatable bonds is 7. The van der Waals surface area contributed by atoms with Crippen molar-refractivity contribution in [2.45, 2.75) is 32.6 Å². The number of phenolic OH excluding ortho intramolecular Hbond substituents is 2. The fourth-order valence-electron chi connectivity index (χ4n) is 6.89. The standard InChI is InChI=1S/C39H32N9O4S.Cu/c1-2-53-15-4-3-14-40-39(52)26-7-5-6-25-30(26)38-47-33-24-13-10-21(51)18-29(24)37(45-33)46-36-28-17-20(50)9-12-23(28)32(44-36)43-35-27-16-19(49)8-11-22(27)31(42-35)41-34(25)48-38;/h5-10,12-13,17-18H,2-4,11,14-16H2,1H3,(H5-,40,41,42,43,44,45,46,47,48,49,50,51,52);/q-1;+2/p-1. The Labute approximate surface area is 323 Å². The summed E-state index contributed by atoms with van der Waals surface area (Å²) in [6.07, 6.45) is 4.17. The molecule has 5 heterocycles. The zero-order chi connectivity index (χ0) is 36.2. The Morgan fingerprint density at radius 2 is 1.43 bits per heavy atom. The van der Waals surface area contributed by atoms with Crippen LogP contribution < -0.4 is 15.3 Å². The Kier molecular flexibility index (Phi) is 9.30. The van der Waals surface area contributed by atoms with Gasteiger partial charge in [0.25, 0.3) is 5.91 Å². The number of carbonyl (C=O) groups excluding carboxylic acids is 1. The molecule has 0 spiro atoms. The largest absolute Gasteiger partial charge is 2.00 e. The summed E-state index contributed by atoms with van der Waals surface area (Å²) in [4.78, 5) is 52.8. The third-order valence-electron chi connectivity index (χ3n) is 9.45. The van der Waals surface area contributed by atoms with E-state index in [-0.39, 0.29) is 69.6 Å². The number of phenols is 2. The van der Waals surface area contributed by atoms with Crippen LogP contribution in [0, 0.1) is 0 Å². The van der Waals surface area contributed by atoms with Gasteiger partial charge in [-0.25, -0.2) is 9.97 Å². The van der Waals surface area contributed by atoms with Gasteiger partial charge in [0.1, 0.15) is 11.5 Å². The van der Waals surface area contributed by atoms with Gasteiger partial charge in [0, 0.05) is 63.4 Å². The summed E-state index contributed by atoms with van der Waals surface area (Å²) in [7, 11) is 0. The van der Waals surface area contributed by atoms with E-state index in [1.165, 1.54) is 0 Å². The number of aliphatic hydroxyl groups is 1. The molecule has 0 saturated carbocycles. The molecule has 1 aliphatic carbocycles. The van der Waals surface area contributed by atoms with Crippen molar-refractivity contribution in [2.24, 2.45) is 0 Å². The molecule has 0 unspecified atom stereocenters. The maximum absolute atomic E-state index is 13.8. The van der Waals surface area contributed by atoms with Crippen LogP contribution in [0.4, 0.5) is 0 Å². The van der Waals surface area contributed by atoms with Crippen molar-refractivity contribution in [3.63, 3.8) is 0 Å². The van der Waals surface area contributed by atoms with Crippen molar-refractivity contribution in [1.29, 1.82) is 0 Å². The summed E-state index contributed by atoms with van der Waals surface area (Å²) in [6, 6.07) is 15.0. The molecule has 8 bridgehead atoms. The smallest absolute Gasteiger partial charge is 0.512 e. The van der Waals surface area contributed by atoms with E-state index in [0.29, 0.717) is 80.1 Å². The number of aromatic nitrogens is 8. The molecule has 3 aromatic heterocycles. The minimum atomic E-state index is -0.250. The van der Waals surface area contributed by atoms with Crippen LogP contribution in [0.3, 0.4) is 0 Å². The van der Waals surface area contributed by atoms with Crippen LogP contribution in [-0.2, 0) is 29.9 Å². The quantitative estimate of drug-likeness (QED) is 0.106. The topological polar surface area (TPSA) is 195 Å². The van der Waals surface area contributed by atoms with Crippen LogP contribution >= 0.6 is 11.8 Å². The fraction of sp³-hybridized carbons (Fsp3) is 0.205. The molecule has 13 nitrogen and oxygen atoms in total. The van der Waals surface area contributed by atoms with E-state index in [4.69, 9.17) is 39.9 Å². The van der Waals surface area contributed by atoms with Crippen LogP contribution in [0.15, 0.2) is 66.4 Å². The predicted molar refractivity (Wildman–Crippen MR) is 203 cm³/mol. The molecule has 6 aromatic rings. The average molecular weight is 785 g/mol. The Morgan fingerprint density at radius 1 is 0.741 bits per heavy atom. The minimum Gasteiger partial charge on any atom is -0.512 e. The first-order valence-electron chi connectivity index (χ1n) is 17.3. The van der Waals surface area contributed by atoms with Crippen molar-refractivity contribution in [2.75, 3.05) is 18.1 Å². The second kappa shape index (κ2) is 14.2. The van der Waals surface area contributed by atoms with Gasteiger partial charge in [0.2, 0.25) is 0 Å². The van der Waals surface area contributed by atoms with Crippen LogP contribution in [0.2, 0.25) is 0 Å². The number of nitrogens with one attached hydrogen (secondary N) is 1. The molecule has 273 valence electrons. The van der Waals surface area contributed by atoms with Gasteiger partial charge in [-0.2, -0.15) is 11.8 Å². The van der Waals surface area contributed by atoms with Gasteiger partial charge in [-0.3, -0.25) is 4.79 Å². The molecule has 2 aliphatic heterocycles. The third-order valence-corrected chi connectivity index (χ3v) is 10.4. The Hall–Kier alpha value is -5.76. The average Bonchev–Trinajstić information content (AvgIpc) is 3.87. The molecule has 9 rings (SSSR count). The summed E-state index contributed by atoms with van der Waals surface area (Å²) in [6.45, 7) is 2.66. The third kappa shape index (κ3) is 6.23. The zero-order valence-corrected chi connectivity index (χ0v) is 30.5. The molecular weight excluding hydrogens is 754 g/mol. The Bertz CT molecular complexity index is 2710. The van der Waals surface area contributed by atoms with Crippen molar-refractivity contribution in [1.82, 2.24) is 45.2 Å². The first-order valence-corrected chi connectivity index (χ1v) is 18.5. The number of carbonyl (C=O) groups is 1.